The summed E-state index contributed by atoms with van der Waals surface area (Å²) in [7, 11) is 7.09. The van der Waals surface area contributed by atoms with Crippen molar-refractivity contribution >= 4 is 5.91 Å². The minimum atomic E-state index is -0.215. The lowest BCUT2D eigenvalue weighted by Gasteiger charge is -2.25. The van der Waals surface area contributed by atoms with Crippen molar-refractivity contribution in [3.05, 3.63) is 59.2 Å². The molecule has 0 fully saturated rings. The SMILES string of the molecule is COc1cccc(OC)c1C(=O)NCC(c1ccc(C)cc1)N(C)C. The molecule has 0 saturated heterocycles. The van der Waals surface area contributed by atoms with E-state index in [2.05, 4.69) is 41.4 Å². The molecule has 5 nitrogen and oxygen atoms in total. The van der Waals surface area contributed by atoms with Gasteiger partial charge in [-0.05, 0) is 38.7 Å². The highest BCUT2D eigenvalue weighted by molar-refractivity contribution is 5.99. The molecule has 1 unspecified atom stereocenters. The van der Waals surface area contributed by atoms with E-state index in [0.29, 0.717) is 23.6 Å². The molecule has 0 aliphatic heterocycles. The van der Waals surface area contributed by atoms with Crippen LogP contribution >= 0.6 is 0 Å². The highest BCUT2D eigenvalue weighted by Gasteiger charge is 2.20. The lowest BCUT2D eigenvalue weighted by molar-refractivity contribution is 0.0935. The molecule has 1 N–H and O–H groups in total. The summed E-state index contributed by atoms with van der Waals surface area (Å²) in [6.07, 6.45) is 0. The van der Waals surface area contributed by atoms with Gasteiger partial charge in [0.15, 0.2) is 0 Å². The standard InChI is InChI=1S/C20H26N2O3/c1-14-9-11-15(12-10-14)16(22(2)3)13-21-20(23)19-17(24-4)7-6-8-18(19)25-5/h6-12,16H,13H2,1-5H3,(H,21,23). The van der Waals surface area contributed by atoms with Crippen LogP contribution in [-0.2, 0) is 0 Å². The van der Waals surface area contributed by atoms with Crippen LogP contribution in [0, 0.1) is 6.92 Å². The summed E-state index contributed by atoms with van der Waals surface area (Å²) in [5, 5.41) is 3.00. The van der Waals surface area contributed by atoms with E-state index < -0.39 is 0 Å². The van der Waals surface area contributed by atoms with Crippen molar-refractivity contribution in [3.8, 4) is 11.5 Å². The first-order chi connectivity index (χ1) is 12.0. The number of methoxy groups -OCH3 is 2. The highest BCUT2D eigenvalue weighted by Crippen LogP contribution is 2.28. The fourth-order valence-corrected chi connectivity index (χ4v) is 2.74. The molecule has 2 aromatic rings. The Morgan fingerprint density at radius 2 is 1.60 bits per heavy atom. The molecule has 134 valence electrons. The van der Waals surface area contributed by atoms with E-state index >= 15 is 0 Å². The number of amides is 1. The molecule has 25 heavy (non-hydrogen) atoms. The zero-order chi connectivity index (χ0) is 18.4. The molecule has 0 spiro atoms. The maximum atomic E-state index is 12.7. The van der Waals surface area contributed by atoms with Gasteiger partial charge in [-0.3, -0.25) is 4.79 Å². The minimum absolute atomic E-state index is 0.0743. The maximum absolute atomic E-state index is 12.7. The van der Waals surface area contributed by atoms with Crippen LogP contribution in [0.15, 0.2) is 42.5 Å². The number of nitrogens with zero attached hydrogens (tertiary/aromatic N) is 1. The Kier molecular flexibility index (Phi) is 6.42. The van der Waals surface area contributed by atoms with E-state index in [9.17, 15) is 4.79 Å². The molecule has 0 aliphatic carbocycles. The minimum Gasteiger partial charge on any atom is -0.496 e. The molecule has 0 saturated carbocycles. The Hall–Kier alpha value is -2.53. The number of ether oxygens (including phenoxy) is 2. The van der Waals surface area contributed by atoms with E-state index in [0.717, 1.165) is 5.56 Å². The zero-order valence-electron chi connectivity index (χ0n) is 15.5. The van der Waals surface area contributed by atoms with Gasteiger partial charge in [0.05, 0.1) is 20.3 Å². The average Bonchev–Trinajstić information content (AvgIpc) is 2.62. The molecule has 1 amide bonds. The fraction of sp³-hybridized carbons (Fsp3) is 0.350. The number of carbonyl (C=O) groups is 1. The van der Waals surface area contributed by atoms with Gasteiger partial charge in [0.2, 0.25) is 0 Å². The van der Waals surface area contributed by atoms with Crippen LogP contribution in [0.25, 0.3) is 0 Å². The largest absolute Gasteiger partial charge is 0.496 e. The molecule has 2 aromatic carbocycles. The number of aryl methyl sites for hydroxylation is 1. The highest BCUT2D eigenvalue weighted by atomic mass is 16.5. The van der Waals surface area contributed by atoms with Gasteiger partial charge in [-0.15, -0.1) is 0 Å². The van der Waals surface area contributed by atoms with E-state index in [1.807, 2.05) is 14.1 Å². The third-order valence-electron chi connectivity index (χ3n) is 4.20. The maximum Gasteiger partial charge on any atom is 0.258 e. The van der Waals surface area contributed by atoms with Gasteiger partial charge in [-0.25, -0.2) is 0 Å². The second kappa shape index (κ2) is 8.53. The van der Waals surface area contributed by atoms with Gasteiger partial charge >= 0.3 is 0 Å². The number of hydrogen-bond acceptors (Lipinski definition) is 4. The Morgan fingerprint density at radius 1 is 1.04 bits per heavy atom. The first-order valence-corrected chi connectivity index (χ1v) is 8.20. The normalized spacial score (nSPS) is 11.9. The van der Waals surface area contributed by atoms with E-state index in [1.54, 1.807) is 32.4 Å². The second-order valence-corrected chi connectivity index (χ2v) is 6.14. The van der Waals surface area contributed by atoms with Crippen LogP contribution in [0.1, 0.15) is 27.5 Å². The number of likely N-dealkylation sites (N-methyl/N-ethyl adjacent to an activating group) is 1. The van der Waals surface area contributed by atoms with E-state index in [-0.39, 0.29) is 11.9 Å². The van der Waals surface area contributed by atoms with Gasteiger partial charge in [0.1, 0.15) is 17.1 Å². The molecule has 0 radical (unpaired) electrons. The van der Waals surface area contributed by atoms with Crippen molar-refractivity contribution in [2.24, 2.45) is 0 Å². The predicted octanol–water partition coefficient (Wildman–Crippen LogP) is 3.04. The van der Waals surface area contributed by atoms with Crippen LogP contribution < -0.4 is 14.8 Å². The lowest BCUT2D eigenvalue weighted by Crippen LogP contribution is -2.34. The summed E-state index contributed by atoms with van der Waals surface area (Å²) < 4.78 is 10.6. The van der Waals surface area contributed by atoms with Gasteiger partial charge in [-0.1, -0.05) is 35.9 Å². The molecule has 0 bridgehead atoms. The first-order valence-electron chi connectivity index (χ1n) is 8.20. The Bertz CT molecular complexity index is 689. The summed E-state index contributed by atoms with van der Waals surface area (Å²) >= 11 is 0. The van der Waals surface area contributed by atoms with Crippen molar-refractivity contribution in [2.75, 3.05) is 34.9 Å². The summed E-state index contributed by atoms with van der Waals surface area (Å²) in [4.78, 5) is 14.8. The lowest BCUT2D eigenvalue weighted by atomic mass is 10.0. The van der Waals surface area contributed by atoms with Crippen molar-refractivity contribution in [2.45, 2.75) is 13.0 Å². The molecule has 0 aliphatic rings. The smallest absolute Gasteiger partial charge is 0.258 e. The molecule has 1 atom stereocenters. The van der Waals surface area contributed by atoms with Gasteiger partial charge < -0.3 is 19.7 Å². The number of rotatable bonds is 7. The van der Waals surface area contributed by atoms with Crippen LogP contribution in [0.5, 0.6) is 11.5 Å². The van der Waals surface area contributed by atoms with Crippen molar-refractivity contribution in [1.29, 1.82) is 0 Å². The predicted molar refractivity (Wildman–Crippen MR) is 99.5 cm³/mol. The molecule has 2 rings (SSSR count). The van der Waals surface area contributed by atoms with E-state index in [4.69, 9.17) is 9.47 Å². The summed E-state index contributed by atoms with van der Waals surface area (Å²) in [6, 6.07) is 13.7. The molecule has 0 heterocycles. The molecule has 0 aromatic heterocycles. The zero-order valence-corrected chi connectivity index (χ0v) is 15.5. The molecule has 5 heteroatoms. The monoisotopic (exact) mass is 342 g/mol. The van der Waals surface area contributed by atoms with Crippen LogP contribution in [0.3, 0.4) is 0 Å². The average molecular weight is 342 g/mol. The van der Waals surface area contributed by atoms with Gasteiger partial charge in [-0.2, -0.15) is 0 Å². The number of carbonyl (C=O) groups excluding carboxylic acids is 1. The Labute approximate surface area is 149 Å². The Balaban J connectivity index is 2.18. The van der Waals surface area contributed by atoms with Crippen molar-refractivity contribution in [1.82, 2.24) is 10.2 Å². The Morgan fingerprint density at radius 3 is 2.08 bits per heavy atom. The third-order valence-corrected chi connectivity index (χ3v) is 4.20. The summed E-state index contributed by atoms with van der Waals surface area (Å²) in [5.74, 6) is 0.774. The van der Waals surface area contributed by atoms with Gasteiger partial charge in [0, 0.05) is 6.54 Å². The first kappa shape index (κ1) is 18.8. The second-order valence-electron chi connectivity index (χ2n) is 6.14. The molecular weight excluding hydrogens is 316 g/mol. The number of benzene rings is 2. The van der Waals surface area contributed by atoms with Gasteiger partial charge in [0.25, 0.3) is 5.91 Å². The van der Waals surface area contributed by atoms with Crippen molar-refractivity contribution in [3.63, 3.8) is 0 Å². The van der Waals surface area contributed by atoms with Crippen molar-refractivity contribution < 1.29 is 14.3 Å². The summed E-state index contributed by atoms with van der Waals surface area (Å²) in [5.41, 5.74) is 2.78. The quantitative estimate of drug-likeness (QED) is 0.840. The third kappa shape index (κ3) is 4.51. The number of nitrogens with one attached hydrogen (secondary N) is 1. The topological polar surface area (TPSA) is 50.8 Å². The molecular formula is C20H26N2O3. The van der Waals surface area contributed by atoms with E-state index in [1.165, 1.54) is 5.56 Å². The van der Waals surface area contributed by atoms with Crippen LogP contribution in [-0.4, -0.2) is 45.7 Å². The van der Waals surface area contributed by atoms with Crippen LogP contribution in [0.2, 0.25) is 0 Å². The number of hydrogen-bond donors (Lipinski definition) is 1. The van der Waals surface area contributed by atoms with Crippen LogP contribution in [0.4, 0.5) is 0 Å². The summed E-state index contributed by atoms with van der Waals surface area (Å²) in [6.45, 7) is 2.54. The fourth-order valence-electron chi connectivity index (χ4n) is 2.74.